The number of thioether (sulfide) groups is 1. The second-order valence-electron chi connectivity index (χ2n) is 4.75. The fourth-order valence-electron chi connectivity index (χ4n) is 2.18. The van der Waals surface area contributed by atoms with Crippen molar-refractivity contribution >= 4 is 23.4 Å². The second-order valence-corrected chi connectivity index (χ2v) is 5.89. The largest absolute Gasteiger partial charge is 0.326 e. The maximum absolute atomic E-state index is 12.0. The molecule has 0 radical (unpaired) electrons. The predicted molar refractivity (Wildman–Crippen MR) is 78.3 cm³/mol. The zero-order valence-corrected chi connectivity index (χ0v) is 11.8. The average molecular weight is 264 g/mol. The molecule has 2 rings (SSSR count). The second kappa shape index (κ2) is 6.25. The van der Waals surface area contributed by atoms with Gasteiger partial charge < -0.3 is 10.6 Å². The Morgan fingerprint density at radius 3 is 2.78 bits per heavy atom. The minimum absolute atomic E-state index is 0.104. The molecule has 2 N–H and O–H groups in total. The molecule has 98 valence electrons. The number of hydrogen-bond acceptors (Lipinski definition) is 3. The number of benzene rings is 1. The van der Waals surface area contributed by atoms with Crippen molar-refractivity contribution in [1.29, 1.82) is 0 Å². The summed E-state index contributed by atoms with van der Waals surface area (Å²) in [6, 6.07) is 6.38. The molecule has 0 saturated carbocycles. The van der Waals surface area contributed by atoms with Crippen LogP contribution in [0.1, 0.15) is 17.5 Å². The summed E-state index contributed by atoms with van der Waals surface area (Å²) in [5, 5.41) is 6.42. The van der Waals surface area contributed by atoms with E-state index >= 15 is 0 Å². The molecule has 1 aliphatic heterocycles. The quantitative estimate of drug-likeness (QED) is 0.880. The number of aryl methyl sites for hydroxylation is 2. The third-order valence-electron chi connectivity index (χ3n) is 3.18. The van der Waals surface area contributed by atoms with Crippen LogP contribution < -0.4 is 10.6 Å². The van der Waals surface area contributed by atoms with Crippen molar-refractivity contribution in [2.24, 2.45) is 0 Å². The first kappa shape index (κ1) is 13.4. The normalized spacial score (nSPS) is 19.6. The Balaban J connectivity index is 1.94. The highest BCUT2D eigenvalue weighted by atomic mass is 32.2. The first-order chi connectivity index (χ1) is 8.66. The van der Waals surface area contributed by atoms with E-state index in [4.69, 9.17) is 0 Å². The van der Waals surface area contributed by atoms with E-state index in [0.717, 1.165) is 34.9 Å². The van der Waals surface area contributed by atoms with Crippen molar-refractivity contribution < 1.29 is 4.79 Å². The van der Waals surface area contributed by atoms with Gasteiger partial charge in [0, 0.05) is 36.2 Å². The van der Waals surface area contributed by atoms with Crippen LogP contribution in [0.5, 0.6) is 0 Å². The molecule has 1 aromatic carbocycles. The number of hydrogen-bond donors (Lipinski definition) is 2. The van der Waals surface area contributed by atoms with Gasteiger partial charge >= 0.3 is 0 Å². The Morgan fingerprint density at radius 2 is 2.17 bits per heavy atom. The Morgan fingerprint density at radius 1 is 1.44 bits per heavy atom. The van der Waals surface area contributed by atoms with Gasteiger partial charge in [-0.05, 0) is 25.0 Å². The van der Waals surface area contributed by atoms with Crippen LogP contribution in [0.15, 0.2) is 18.2 Å². The van der Waals surface area contributed by atoms with Crippen LogP contribution in [0, 0.1) is 13.8 Å². The molecule has 0 bridgehead atoms. The summed E-state index contributed by atoms with van der Waals surface area (Å²) in [5.41, 5.74) is 3.20. The minimum Gasteiger partial charge on any atom is -0.326 e. The first-order valence-corrected chi connectivity index (χ1v) is 7.49. The third-order valence-corrected chi connectivity index (χ3v) is 4.31. The molecule has 1 atom stereocenters. The highest BCUT2D eigenvalue weighted by Gasteiger charge is 2.17. The van der Waals surface area contributed by atoms with Crippen LogP contribution in [0.4, 0.5) is 5.69 Å². The van der Waals surface area contributed by atoms with Gasteiger partial charge in [-0.25, -0.2) is 0 Å². The lowest BCUT2D eigenvalue weighted by Crippen LogP contribution is -2.40. The van der Waals surface area contributed by atoms with Crippen molar-refractivity contribution in [1.82, 2.24) is 5.32 Å². The summed E-state index contributed by atoms with van der Waals surface area (Å²) in [5.74, 6) is 2.28. The van der Waals surface area contributed by atoms with Gasteiger partial charge in [0.2, 0.25) is 5.91 Å². The van der Waals surface area contributed by atoms with E-state index in [1.807, 2.05) is 43.8 Å². The Kier molecular flexibility index (Phi) is 4.66. The first-order valence-electron chi connectivity index (χ1n) is 6.34. The van der Waals surface area contributed by atoms with E-state index in [2.05, 4.69) is 10.6 Å². The number of anilines is 1. The maximum atomic E-state index is 12.0. The standard InChI is InChI=1S/C14H20N2OS/c1-10-4-3-5-11(2)14(10)16-13(17)8-12-9-18-7-6-15-12/h3-5,12,15H,6-9H2,1-2H3,(H,16,17). The van der Waals surface area contributed by atoms with Gasteiger partial charge in [0.1, 0.15) is 0 Å². The summed E-state index contributed by atoms with van der Waals surface area (Å²) < 4.78 is 0. The van der Waals surface area contributed by atoms with Crippen molar-refractivity contribution in [3.05, 3.63) is 29.3 Å². The molecule has 0 aromatic heterocycles. The fourth-order valence-corrected chi connectivity index (χ4v) is 3.13. The zero-order chi connectivity index (χ0) is 13.0. The number of para-hydroxylation sites is 1. The van der Waals surface area contributed by atoms with Crippen LogP contribution >= 0.6 is 11.8 Å². The van der Waals surface area contributed by atoms with Crippen LogP contribution in [0.25, 0.3) is 0 Å². The lowest BCUT2D eigenvalue weighted by molar-refractivity contribution is -0.116. The Hall–Kier alpha value is -1.000. The summed E-state index contributed by atoms with van der Waals surface area (Å²) >= 11 is 1.92. The van der Waals surface area contributed by atoms with Gasteiger partial charge in [-0.15, -0.1) is 0 Å². The highest BCUT2D eigenvalue weighted by molar-refractivity contribution is 7.99. The number of amides is 1. The van der Waals surface area contributed by atoms with Crippen molar-refractivity contribution in [3.63, 3.8) is 0 Å². The number of carbonyl (C=O) groups excluding carboxylic acids is 1. The van der Waals surface area contributed by atoms with Gasteiger partial charge in [0.05, 0.1) is 0 Å². The lowest BCUT2D eigenvalue weighted by Gasteiger charge is -2.23. The highest BCUT2D eigenvalue weighted by Crippen LogP contribution is 2.20. The minimum atomic E-state index is 0.104. The van der Waals surface area contributed by atoms with Crippen molar-refractivity contribution in [2.75, 3.05) is 23.4 Å². The van der Waals surface area contributed by atoms with Crippen LogP contribution in [-0.2, 0) is 4.79 Å². The van der Waals surface area contributed by atoms with Crippen molar-refractivity contribution in [3.8, 4) is 0 Å². The molecule has 1 heterocycles. The summed E-state index contributed by atoms with van der Waals surface area (Å²) in [7, 11) is 0. The van der Waals surface area contributed by atoms with Gasteiger partial charge in [-0.2, -0.15) is 11.8 Å². The molecule has 1 fully saturated rings. The molecule has 0 spiro atoms. The molecule has 1 saturated heterocycles. The average Bonchev–Trinajstić information content (AvgIpc) is 2.35. The summed E-state index contributed by atoms with van der Waals surface area (Å²) in [6.07, 6.45) is 0.556. The molecule has 1 unspecified atom stereocenters. The van der Waals surface area contributed by atoms with Crippen LogP contribution in [0.2, 0.25) is 0 Å². The molecule has 1 amide bonds. The van der Waals surface area contributed by atoms with Gasteiger partial charge in [-0.3, -0.25) is 4.79 Å². The molecular weight excluding hydrogens is 244 g/mol. The van der Waals surface area contributed by atoms with Gasteiger partial charge in [0.25, 0.3) is 0 Å². The van der Waals surface area contributed by atoms with Crippen LogP contribution in [0.3, 0.4) is 0 Å². The van der Waals surface area contributed by atoms with E-state index < -0.39 is 0 Å². The number of rotatable bonds is 3. The van der Waals surface area contributed by atoms with E-state index in [1.165, 1.54) is 0 Å². The monoisotopic (exact) mass is 264 g/mol. The number of carbonyl (C=O) groups is 1. The van der Waals surface area contributed by atoms with Gasteiger partial charge in [0.15, 0.2) is 0 Å². The number of nitrogens with one attached hydrogen (secondary N) is 2. The topological polar surface area (TPSA) is 41.1 Å². The van der Waals surface area contributed by atoms with Crippen molar-refractivity contribution in [2.45, 2.75) is 26.3 Å². The smallest absolute Gasteiger partial charge is 0.225 e. The molecule has 18 heavy (non-hydrogen) atoms. The lowest BCUT2D eigenvalue weighted by atomic mass is 10.1. The van der Waals surface area contributed by atoms with E-state index in [-0.39, 0.29) is 5.91 Å². The molecule has 3 nitrogen and oxygen atoms in total. The molecular formula is C14H20N2OS. The predicted octanol–water partition coefficient (Wildman–Crippen LogP) is 2.34. The summed E-state index contributed by atoms with van der Waals surface area (Å²) in [6.45, 7) is 5.06. The SMILES string of the molecule is Cc1cccc(C)c1NC(=O)CC1CSCCN1. The van der Waals surface area contributed by atoms with E-state index in [1.54, 1.807) is 0 Å². The fraction of sp³-hybridized carbons (Fsp3) is 0.500. The zero-order valence-electron chi connectivity index (χ0n) is 11.0. The molecule has 1 aromatic rings. The summed E-state index contributed by atoms with van der Waals surface area (Å²) in [4.78, 5) is 12.0. The maximum Gasteiger partial charge on any atom is 0.225 e. The Bertz CT molecular complexity index is 408. The third kappa shape index (κ3) is 3.50. The molecule has 0 aliphatic carbocycles. The molecule has 4 heteroatoms. The molecule has 1 aliphatic rings. The van der Waals surface area contributed by atoms with E-state index in [0.29, 0.717) is 12.5 Å². The van der Waals surface area contributed by atoms with E-state index in [9.17, 15) is 4.79 Å². The van der Waals surface area contributed by atoms with Gasteiger partial charge in [-0.1, -0.05) is 18.2 Å². The van der Waals surface area contributed by atoms with Crippen LogP contribution in [-0.4, -0.2) is 30.0 Å². The Labute approximate surface area is 113 Å².